The number of nitrogens with one attached hydrogen (secondary N) is 2. The van der Waals surface area contributed by atoms with Crippen LogP contribution in [0.15, 0.2) is 60.3 Å². The van der Waals surface area contributed by atoms with Crippen molar-refractivity contribution in [3.05, 3.63) is 98.9 Å². The Bertz CT molecular complexity index is 1590. The summed E-state index contributed by atoms with van der Waals surface area (Å²) in [6.07, 6.45) is 3.40. The molecule has 9 nitrogen and oxygen atoms in total. The maximum Gasteiger partial charge on any atom is 0.437 e. The lowest BCUT2D eigenvalue weighted by Crippen LogP contribution is -2.45. The van der Waals surface area contributed by atoms with Gasteiger partial charge in [0, 0.05) is 18.0 Å². The minimum atomic E-state index is -4.87. The number of aldehydes is 2. The van der Waals surface area contributed by atoms with Crippen LogP contribution in [0.1, 0.15) is 50.9 Å². The number of pyridine rings is 1. The first kappa shape index (κ1) is 28.1. The molecule has 1 aromatic carbocycles. The maximum absolute atomic E-state index is 13.9. The Labute approximate surface area is 237 Å². The number of nitrogens with zero attached hydrogens (tertiary/aromatic N) is 3. The largest absolute Gasteiger partial charge is 0.482 e. The van der Waals surface area contributed by atoms with Gasteiger partial charge < -0.3 is 20.1 Å². The number of alkyl halides is 3. The van der Waals surface area contributed by atoms with Crippen LogP contribution in [0.4, 0.5) is 19.0 Å². The molecule has 41 heavy (non-hydrogen) atoms. The van der Waals surface area contributed by atoms with Crippen molar-refractivity contribution >= 4 is 30.0 Å². The Morgan fingerprint density at radius 3 is 2.59 bits per heavy atom. The number of methoxy groups -OCH3 is 2. The minimum absolute atomic E-state index is 0.162. The van der Waals surface area contributed by atoms with Crippen molar-refractivity contribution in [2.45, 2.75) is 30.6 Å². The molecule has 5 rings (SSSR count). The van der Waals surface area contributed by atoms with E-state index in [2.05, 4.69) is 25.6 Å². The standard InChI is InChI=1S/C28H23ClF3N5O4/c1-40-25-15(13-38)8-10-27(37-25,19-9-11-33-12-20(19)29)18-5-3-4-17-16(18)6-7-21(17)35-24-23(28(30,31)32)34-22(14-39)26(36-24)41-2/h3-5,8-14,21,37H,6-7H2,1-2H3,(H,35,36)/t21?,27-/m0/s1. The summed E-state index contributed by atoms with van der Waals surface area (Å²) < 4.78 is 52.2. The van der Waals surface area contributed by atoms with E-state index in [1.807, 2.05) is 12.1 Å². The van der Waals surface area contributed by atoms with E-state index in [1.165, 1.54) is 20.4 Å². The lowest BCUT2D eigenvalue weighted by molar-refractivity contribution is -0.140. The van der Waals surface area contributed by atoms with E-state index < -0.39 is 35.0 Å². The number of carbonyl (C=O) groups excluding carboxylic acids is 2. The summed E-state index contributed by atoms with van der Waals surface area (Å²) in [7, 11) is 2.63. The van der Waals surface area contributed by atoms with Gasteiger partial charge in [-0.1, -0.05) is 29.8 Å². The number of halogens is 4. The summed E-state index contributed by atoms with van der Waals surface area (Å²) in [5.74, 6) is -0.644. The molecule has 2 aliphatic rings. The second-order valence-corrected chi connectivity index (χ2v) is 9.68. The zero-order valence-electron chi connectivity index (χ0n) is 21.8. The zero-order chi connectivity index (χ0) is 29.4. The quantitative estimate of drug-likeness (QED) is 0.355. The van der Waals surface area contributed by atoms with Crippen LogP contribution >= 0.6 is 11.6 Å². The van der Waals surface area contributed by atoms with E-state index in [0.717, 1.165) is 16.7 Å². The Morgan fingerprint density at radius 1 is 1.12 bits per heavy atom. The molecule has 1 aliphatic carbocycles. The van der Waals surface area contributed by atoms with Crippen molar-refractivity contribution in [1.82, 2.24) is 20.3 Å². The van der Waals surface area contributed by atoms with Crippen LogP contribution in [0.25, 0.3) is 0 Å². The summed E-state index contributed by atoms with van der Waals surface area (Å²) in [6, 6.07) is 6.66. The lowest BCUT2D eigenvalue weighted by Gasteiger charge is -2.38. The number of hydrogen-bond acceptors (Lipinski definition) is 9. The van der Waals surface area contributed by atoms with Gasteiger partial charge in [-0.3, -0.25) is 14.6 Å². The molecule has 1 aliphatic heterocycles. The summed E-state index contributed by atoms with van der Waals surface area (Å²) >= 11 is 6.62. The molecule has 3 aromatic rings. The van der Waals surface area contributed by atoms with E-state index >= 15 is 0 Å². The molecule has 2 N–H and O–H groups in total. The van der Waals surface area contributed by atoms with E-state index in [4.69, 9.17) is 21.1 Å². The molecule has 0 bridgehead atoms. The smallest absolute Gasteiger partial charge is 0.437 e. The van der Waals surface area contributed by atoms with Crippen LogP contribution in [-0.4, -0.2) is 41.7 Å². The first-order chi connectivity index (χ1) is 19.7. The third-order valence-electron chi connectivity index (χ3n) is 7.08. The van der Waals surface area contributed by atoms with Crippen LogP contribution < -0.4 is 15.4 Å². The van der Waals surface area contributed by atoms with Crippen LogP contribution in [0.2, 0.25) is 5.02 Å². The highest BCUT2D eigenvalue weighted by Crippen LogP contribution is 2.46. The highest BCUT2D eigenvalue weighted by Gasteiger charge is 2.42. The summed E-state index contributed by atoms with van der Waals surface area (Å²) in [5.41, 5.74) is 0.322. The second kappa shape index (κ2) is 10.8. The molecule has 1 unspecified atom stereocenters. The molecule has 2 atom stereocenters. The maximum atomic E-state index is 13.9. The average molecular weight is 586 g/mol. The number of ether oxygens (including phenoxy) is 2. The SMILES string of the molecule is COC1=C(C=O)C=C[C@@](c2ccncc2Cl)(c2cccc3c2CCC3Nc2nc(OC)c(C=O)nc2C(F)(F)F)N1. The highest BCUT2D eigenvalue weighted by atomic mass is 35.5. The minimum Gasteiger partial charge on any atom is -0.482 e. The molecule has 2 aromatic heterocycles. The van der Waals surface area contributed by atoms with Crippen molar-refractivity contribution in [2.75, 3.05) is 19.5 Å². The predicted molar refractivity (Wildman–Crippen MR) is 143 cm³/mol. The van der Waals surface area contributed by atoms with Crippen LogP contribution in [0.5, 0.6) is 5.88 Å². The Hall–Kier alpha value is -4.45. The number of hydrogen-bond donors (Lipinski definition) is 2. The molecule has 0 amide bonds. The number of anilines is 1. The van der Waals surface area contributed by atoms with Crippen LogP contribution in [0.3, 0.4) is 0 Å². The molecule has 0 spiro atoms. The van der Waals surface area contributed by atoms with Gasteiger partial charge in [0.25, 0.3) is 0 Å². The number of benzene rings is 1. The molecule has 0 fully saturated rings. The number of aromatic nitrogens is 3. The van der Waals surface area contributed by atoms with Gasteiger partial charge in [-0.05, 0) is 47.8 Å². The fourth-order valence-electron chi connectivity index (χ4n) is 5.30. The van der Waals surface area contributed by atoms with Gasteiger partial charge in [-0.25, -0.2) is 4.98 Å². The number of dihydropyridines is 1. The Morgan fingerprint density at radius 2 is 1.93 bits per heavy atom. The second-order valence-electron chi connectivity index (χ2n) is 9.27. The summed E-state index contributed by atoms with van der Waals surface area (Å²) in [5, 5.41) is 6.57. The molecular weight excluding hydrogens is 563 g/mol. The first-order valence-electron chi connectivity index (χ1n) is 12.3. The van der Waals surface area contributed by atoms with Gasteiger partial charge in [-0.15, -0.1) is 0 Å². The van der Waals surface area contributed by atoms with Crippen molar-refractivity contribution < 1.29 is 32.2 Å². The summed E-state index contributed by atoms with van der Waals surface area (Å²) in [4.78, 5) is 34.5. The Balaban J connectivity index is 1.63. The van der Waals surface area contributed by atoms with E-state index in [9.17, 15) is 22.8 Å². The third-order valence-corrected chi connectivity index (χ3v) is 7.38. The van der Waals surface area contributed by atoms with Gasteiger partial charge in [-0.2, -0.15) is 18.2 Å². The number of carbonyl (C=O) groups is 2. The predicted octanol–water partition coefficient (Wildman–Crippen LogP) is 4.92. The molecular formula is C28H23ClF3N5O4. The topological polar surface area (TPSA) is 115 Å². The fourth-order valence-corrected chi connectivity index (χ4v) is 5.56. The van der Waals surface area contributed by atoms with E-state index in [-0.39, 0.29) is 18.0 Å². The molecule has 13 heteroatoms. The monoisotopic (exact) mass is 585 g/mol. The molecule has 3 heterocycles. The van der Waals surface area contributed by atoms with Crippen molar-refractivity contribution in [1.29, 1.82) is 0 Å². The van der Waals surface area contributed by atoms with Gasteiger partial charge >= 0.3 is 6.18 Å². The molecule has 212 valence electrons. The number of allylic oxidation sites excluding steroid dienone is 2. The number of rotatable bonds is 8. The van der Waals surface area contributed by atoms with Gasteiger partial charge in [0.15, 0.2) is 35.7 Å². The zero-order valence-corrected chi connectivity index (χ0v) is 22.5. The molecule has 0 saturated heterocycles. The highest BCUT2D eigenvalue weighted by molar-refractivity contribution is 6.31. The summed E-state index contributed by atoms with van der Waals surface area (Å²) in [6.45, 7) is 0. The van der Waals surface area contributed by atoms with Crippen molar-refractivity contribution in [3.8, 4) is 5.88 Å². The van der Waals surface area contributed by atoms with Crippen molar-refractivity contribution in [2.24, 2.45) is 0 Å². The lowest BCUT2D eigenvalue weighted by atomic mass is 9.78. The number of fused-ring (bicyclic) bond motifs is 1. The molecule has 0 saturated carbocycles. The van der Waals surface area contributed by atoms with Crippen LogP contribution in [-0.2, 0) is 27.7 Å². The Kier molecular flexibility index (Phi) is 7.43. The third kappa shape index (κ3) is 4.88. The van der Waals surface area contributed by atoms with Gasteiger partial charge in [0.05, 0.1) is 30.9 Å². The normalized spacial score (nSPS) is 19.8. The van der Waals surface area contributed by atoms with Gasteiger partial charge in [0.1, 0.15) is 5.54 Å². The molecule has 0 radical (unpaired) electrons. The van der Waals surface area contributed by atoms with Crippen LogP contribution in [0, 0.1) is 0 Å². The first-order valence-corrected chi connectivity index (χ1v) is 12.7. The van der Waals surface area contributed by atoms with E-state index in [1.54, 1.807) is 30.5 Å². The van der Waals surface area contributed by atoms with Gasteiger partial charge in [0.2, 0.25) is 5.88 Å². The fraction of sp³-hybridized carbons (Fsp3) is 0.250. The average Bonchev–Trinajstić information content (AvgIpc) is 3.38. The van der Waals surface area contributed by atoms with Crippen molar-refractivity contribution in [3.63, 3.8) is 0 Å². The van der Waals surface area contributed by atoms with E-state index in [0.29, 0.717) is 35.3 Å².